The highest BCUT2D eigenvalue weighted by atomic mass is 16.5. The number of nitrogens with zero attached hydrogens (tertiary/aromatic N) is 3. The Kier molecular flexibility index (Phi) is 4.48. The Hall–Kier alpha value is -2.83. The predicted octanol–water partition coefficient (Wildman–Crippen LogP) is 3.00. The Balaban J connectivity index is 1.83. The molecule has 2 aromatic rings. The summed E-state index contributed by atoms with van der Waals surface area (Å²) in [7, 11) is 1.62. The minimum atomic E-state index is -0.529. The molecule has 1 aliphatic heterocycles. The third-order valence-electron chi connectivity index (χ3n) is 3.91. The monoisotopic (exact) mass is 342 g/mol. The molecule has 1 aliphatic rings. The molecule has 132 valence electrons. The average molecular weight is 342 g/mol. The zero-order chi connectivity index (χ0) is 18.0. The van der Waals surface area contributed by atoms with Gasteiger partial charge in [-0.1, -0.05) is 0 Å². The predicted molar refractivity (Wildman–Crippen MR) is 93.9 cm³/mol. The number of ether oxygens (including phenoxy) is 2. The molecule has 3 rings (SSSR count). The average Bonchev–Trinajstić information content (AvgIpc) is 2.70. The fraction of sp³-hybridized carbons (Fsp3) is 0.389. The third kappa shape index (κ3) is 3.99. The van der Waals surface area contributed by atoms with Crippen LogP contribution in [0, 0.1) is 6.92 Å². The van der Waals surface area contributed by atoms with Gasteiger partial charge in [0.25, 0.3) is 0 Å². The van der Waals surface area contributed by atoms with Crippen molar-refractivity contribution >= 4 is 11.7 Å². The number of methoxy groups -OCH3 is 1. The summed E-state index contributed by atoms with van der Waals surface area (Å²) in [6.45, 7) is 6.60. The molecular formula is C18H22N4O3. The molecule has 0 spiro atoms. The highest BCUT2D eigenvalue weighted by Gasteiger charge is 2.31. The van der Waals surface area contributed by atoms with Crippen LogP contribution in [0.5, 0.6) is 11.5 Å². The van der Waals surface area contributed by atoms with Crippen LogP contribution in [0.25, 0.3) is 0 Å². The second kappa shape index (κ2) is 6.58. The summed E-state index contributed by atoms with van der Waals surface area (Å²) < 4.78 is 11.4. The van der Waals surface area contributed by atoms with E-state index in [1.54, 1.807) is 31.3 Å². The first-order valence-corrected chi connectivity index (χ1v) is 8.07. The number of benzene rings is 1. The van der Waals surface area contributed by atoms with Crippen LogP contribution >= 0.6 is 0 Å². The van der Waals surface area contributed by atoms with Crippen LogP contribution < -0.4 is 14.8 Å². The van der Waals surface area contributed by atoms with Gasteiger partial charge in [0.2, 0.25) is 0 Å². The van der Waals surface area contributed by atoms with Gasteiger partial charge in [-0.15, -0.1) is 0 Å². The van der Waals surface area contributed by atoms with Gasteiger partial charge < -0.3 is 19.7 Å². The van der Waals surface area contributed by atoms with Gasteiger partial charge in [0.15, 0.2) is 0 Å². The van der Waals surface area contributed by atoms with E-state index in [0.29, 0.717) is 24.6 Å². The number of fused-ring (bicyclic) bond motifs is 1. The fourth-order valence-electron chi connectivity index (χ4n) is 2.74. The maximum absolute atomic E-state index is 12.7. The van der Waals surface area contributed by atoms with Crippen molar-refractivity contribution in [2.45, 2.75) is 32.9 Å². The van der Waals surface area contributed by atoms with Crippen molar-refractivity contribution in [2.75, 3.05) is 19.0 Å². The van der Waals surface area contributed by atoms with E-state index in [1.807, 2.05) is 32.0 Å². The minimum Gasteiger partial charge on any atom is -0.497 e. The summed E-state index contributed by atoms with van der Waals surface area (Å²) in [4.78, 5) is 22.6. The zero-order valence-corrected chi connectivity index (χ0v) is 14.9. The van der Waals surface area contributed by atoms with Crippen LogP contribution in [-0.4, -0.2) is 40.2 Å². The molecule has 0 saturated heterocycles. The molecule has 0 fully saturated rings. The molecule has 2 amide bonds. The van der Waals surface area contributed by atoms with Gasteiger partial charge in [0.05, 0.1) is 38.3 Å². The lowest BCUT2D eigenvalue weighted by molar-refractivity contribution is 0.0833. The molecule has 0 bridgehead atoms. The molecule has 7 heteroatoms. The van der Waals surface area contributed by atoms with Crippen molar-refractivity contribution in [1.29, 1.82) is 0 Å². The van der Waals surface area contributed by atoms with Gasteiger partial charge in [-0.05, 0) is 32.9 Å². The van der Waals surface area contributed by atoms with E-state index < -0.39 is 5.60 Å². The number of hydrogen-bond donors (Lipinski definition) is 1. The van der Waals surface area contributed by atoms with Crippen LogP contribution in [0.1, 0.15) is 25.2 Å². The maximum Gasteiger partial charge on any atom is 0.322 e. The number of aryl methyl sites for hydroxylation is 1. The first kappa shape index (κ1) is 17.0. The van der Waals surface area contributed by atoms with E-state index >= 15 is 0 Å². The number of aromatic nitrogens is 2. The number of carbonyl (C=O) groups excluding carboxylic acids is 1. The second-order valence-corrected chi connectivity index (χ2v) is 6.64. The molecule has 1 aromatic heterocycles. The van der Waals surface area contributed by atoms with E-state index in [2.05, 4.69) is 15.3 Å². The Morgan fingerprint density at radius 1 is 1.32 bits per heavy atom. The Morgan fingerprint density at radius 2 is 2.04 bits per heavy atom. The second-order valence-electron chi connectivity index (χ2n) is 6.64. The number of hydrogen-bond acceptors (Lipinski definition) is 5. The molecule has 0 saturated carbocycles. The number of carbonyl (C=O) groups is 1. The van der Waals surface area contributed by atoms with E-state index in [0.717, 1.165) is 17.1 Å². The molecule has 2 heterocycles. The van der Waals surface area contributed by atoms with Crippen molar-refractivity contribution in [3.8, 4) is 11.5 Å². The van der Waals surface area contributed by atoms with Crippen molar-refractivity contribution < 1.29 is 14.3 Å². The third-order valence-corrected chi connectivity index (χ3v) is 3.91. The Morgan fingerprint density at radius 3 is 2.72 bits per heavy atom. The van der Waals surface area contributed by atoms with Crippen LogP contribution in [0.4, 0.5) is 10.5 Å². The lowest BCUT2D eigenvalue weighted by Crippen LogP contribution is -2.44. The fourth-order valence-corrected chi connectivity index (χ4v) is 2.74. The lowest BCUT2D eigenvalue weighted by Gasteiger charge is -2.29. The van der Waals surface area contributed by atoms with Crippen LogP contribution in [-0.2, 0) is 6.54 Å². The summed E-state index contributed by atoms with van der Waals surface area (Å²) in [5.41, 5.74) is 0.967. The van der Waals surface area contributed by atoms with Gasteiger partial charge in [-0.25, -0.2) is 14.8 Å². The van der Waals surface area contributed by atoms with Crippen molar-refractivity contribution in [2.24, 2.45) is 0 Å². The summed E-state index contributed by atoms with van der Waals surface area (Å²) in [6, 6.07) is 5.43. The summed E-state index contributed by atoms with van der Waals surface area (Å²) in [5, 5.41) is 2.84. The summed E-state index contributed by atoms with van der Waals surface area (Å²) in [5.74, 6) is 2.12. The minimum absolute atomic E-state index is 0.215. The Bertz CT molecular complexity index is 774. The van der Waals surface area contributed by atoms with E-state index in [9.17, 15) is 4.79 Å². The molecule has 0 atom stereocenters. The summed E-state index contributed by atoms with van der Waals surface area (Å²) in [6.07, 6.45) is 3.19. The van der Waals surface area contributed by atoms with E-state index in [1.165, 1.54) is 0 Å². The molecule has 1 aromatic carbocycles. The molecule has 7 nitrogen and oxygen atoms in total. The largest absolute Gasteiger partial charge is 0.497 e. The van der Waals surface area contributed by atoms with Crippen molar-refractivity contribution in [3.05, 3.63) is 42.0 Å². The quantitative estimate of drug-likeness (QED) is 0.908. The standard InChI is InChI=1S/C18H22N4O3/c1-12-19-8-14(9-20-12)21-17(23)22-10-13-5-6-15(24-4)7-16(13)25-18(2,3)11-22/h5-9H,10-11H2,1-4H3,(H,21,23). The normalized spacial score (nSPS) is 15.6. The molecular weight excluding hydrogens is 320 g/mol. The molecule has 1 N–H and O–H groups in total. The summed E-state index contributed by atoms with van der Waals surface area (Å²) >= 11 is 0. The first-order chi connectivity index (χ1) is 11.9. The van der Waals surface area contributed by atoms with Crippen LogP contribution in [0.3, 0.4) is 0 Å². The van der Waals surface area contributed by atoms with Gasteiger partial charge in [0.1, 0.15) is 22.9 Å². The van der Waals surface area contributed by atoms with Gasteiger partial charge >= 0.3 is 6.03 Å². The van der Waals surface area contributed by atoms with Crippen molar-refractivity contribution in [3.63, 3.8) is 0 Å². The zero-order valence-electron chi connectivity index (χ0n) is 14.9. The number of urea groups is 1. The highest BCUT2D eigenvalue weighted by molar-refractivity contribution is 5.89. The van der Waals surface area contributed by atoms with Crippen LogP contribution in [0.15, 0.2) is 30.6 Å². The number of anilines is 1. The molecule has 0 radical (unpaired) electrons. The number of rotatable bonds is 2. The van der Waals surface area contributed by atoms with Gasteiger partial charge in [0, 0.05) is 11.6 Å². The molecule has 25 heavy (non-hydrogen) atoms. The smallest absolute Gasteiger partial charge is 0.322 e. The van der Waals surface area contributed by atoms with Gasteiger partial charge in [-0.3, -0.25) is 0 Å². The maximum atomic E-state index is 12.7. The molecule has 0 unspecified atom stereocenters. The van der Waals surface area contributed by atoms with Crippen LogP contribution in [0.2, 0.25) is 0 Å². The first-order valence-electron chi connectivity index (χ1n) is 8.07. The van der Waals surface area contributed by atoms with Crippen molar-refractivity contribution in [1.82, 2.24) is 14.9 Å². The lowest BCUT2D eigenvalue weighted by atomic mass is 10.1. The Labute approximate surface area is 147 Å². The van der Waals surface area contributed by atoms with E-state index in [-0.39, 0.29) is 6.03 Å². The SMILES string of the molecule is COc1ccc2c(c1)OC(C)(C)CN(C(=O)Nc1cnc(C)nc1)C2. The number of amides is 2. The van der Waals surface area contributed by atoms with E-state index in [4.69, 9.17) is 9.47 Å². The van der Waals surface area contributed by atoms with Gasteiger partial charge in [-0.2, -0.15) is 0 Å². The topological polar surface area (TPSA) is 76.6 Å². The number of nitrogens with one attached hydrogen (secondary N) is 1. The highest BCUT2D eigenvalue weighted by Crippen LogP contribution is 2.32. The molecule has 0 aliphatic carbocycles.